The second-order valence-corrected chi connectivity index (χ2v) is 4.86. The number of hydrogen-bond donors (Lipinski definition) is 1. The molecule has 1 aromatic carbocycles. The second kappa shape index (κ2) is 5.16. The Bertz CT molecular complexity index is 645. The van der Waals surface area contributed by atoms with Gasteiger partial charge >= 0.3 is 0 Å². The molecule has 19 heavy (non-hydrogen) atoms. The maximum atomic E-state index is 11.8. The fourth-order valence-electron chi connectivity index (χ4n) is 1.60. The number of thioether (sulfide) groups is 1. The Morgan fingerprint density at radius 3 is 2.74 bits per heavy atom. The van der Waals surface area contributed by atoms with Crippen LogP contribution in [0.5, 0.6) is 0 Å². The lowest BCUT2D eigenvalue weighted by molar-refractivity contribution is -0.115. The van der Waals surface area contributed by atoms with Crippen molar-refractivity contribution in [2.24, 2.45) is 4.99 Å². The molecule has 0 unspecified atom stereocenters. The highest BCUT2D eigenvalue weighted by molar-refractivity contribution is 8.18. The molecule has 0 atom stereocenters. The Balaban J connectivity index is 1.82. The number of hydrogen-bond acceptors (Lipinski definition) is 4. The van der Waals surface area contributed by atoms with Crippen LogP contribution in [0, 0.1) is 0 Å². The molecular formula is C14H10N2O2S. The Kier molecular flexibility index (Phi) is 3.20. The van der Waals surface area contributed by atoms with Crippen molar-refractivity contribution in [2.75, 3.05) is 0 Å². The third-order valence-electron chi connectivity index (χ3n) is 2.45. The Morgan fingerprint density at radius 1 is 1.16 bits per heavy atom. The van der Waals surface area contributed by atoms with Crippen molar-refractivity contribution in [2.45, 2.75) is 0 Å². The maximum Gasteiger partial charge on any atom is 0.264 e. The van der Waals surface area contributed by atoms with Crippen LogP contribution < -0.4 is 5.32 Å². The minimum atomic E-state index is -0.156. The predicted molar refractivity (Wildman–Crippen MR) is 76.0 cm³/mol. The van der Waals surface area contributed by atoms with Gasteiger partial charge in [0.25, 0.3) is 5.91 Å². The molecule has 94 valence electrons. The Labute approximate surface area is 114 Å². The summed E-state index contributed by atoms with van der Waals surface area (Å²) in [4.78, 5) is 16.7. The maximum absolute atomic E-state index is 11.8. The SMILES string of the molecule is O=C1NC(=Nc2ccccc2)SC1=Cc1ccco1. The molecule has 0 aliphatic carbocycles. The van der Waals surface area contributed by atoms with Gasteiger partial charge in [-0.25, -0.2) is 4.99 Å². The van der Waals surface area contributed by atoms with Gasteiger partial charge in [-0.3, -0.25) is 4.79 Å². The molecule has 0 bridgehead atoms. The molecule has 2 aromatic rings. The first-order valence-electron chi connectivity index (χ1n) is 5.69. The summed E-state index contributed by atoms with van der Waals surface area (Å²) in [6.45, 7) is 0. The Morgan fingerprint density at radius 2 is 2.00 bits per heavy atom. The molecule has 1 N–H and O–H groups in total. The third-order valence-corrected chi connectivity index (χ3v) is 3.36. The number of nitrogens with one attached hydrogen (secondary N) is 1. The van der Waals surface area contributed by atoms with Crippen LogP contribution in [0.25, 0.3) is 6.08 Å². The summed E-state index contributed by atoms with van der Waals surface area (Å²) in [6, 6.07) is 13.1. The van der Waals surface area contributed by atoms with Crippen LogP contribution in [0.1, 0.15) is 5.76 Å². The average Bonchev–Trinajstić information content (AvgIpc) is 3.02. The number of rotatable bonds is 2. The minimum absolute atomic E-state index is 0.156. The van der Waals surface area contributed by atoms with Gasteiger partial charge in [-0.1, -0.05) is 18.2 Å². The number of carbonyl (C=O) groups is 1. The van der Waals surface area contributed by atoms with E-state index in [9.17, 15) is 4.79 Å². The zero-order valence-corrected chi connectivity index (χ0v) is 10.7. The Hall–Kier alpha value is -2.27. The monoisotopic (exact) mass is 270 g/mol. The van der Waals surface area contributed by atoms with Crippen LogP contribution in [0.2, 0.25) is 0 Å². The van der Waals surface area contributed by atoms with Crippen LogP contribution in [-0.2, 0) is 4.79 Å². The lowest BCUT2D eigenvalue weighted by atomic mass is 10.3. The van der Waals surface area contributed by atoms with Crippen LogP contribution in [0.3, 0.4) is 0 Å². The van der Waals surface area contributed by atoms with Gasteiger partial charge in [0.2, 0.25) is 0 Å². The van der Waals surface area contributed by atoms with Crippen molar-refractivity contribution < 1.29 is 9.21 Å². The fraction of sp³-hybridized carbons (Fsp3) is 0. The van der Waals surface area contributed by atoms with E-state index in [4.69, 9.17) is 4.42 Å². The largest absolute Gasteiger partial charge is 0.465 e. The highest BCUT2D eigenvalue weighted by Gasteiger charge is 2.24. The number of aliphatic imine (C=N–C) groups is 1. The van der Waals surface area contributed by atoms with Crippen molar-refractivity contribution in [1.29, 1.82) is 0 Å². The smallest absolute Gasteiger partial charge is 0.264 e. The van der Waals surface area contributed by atoms with E-state index in [0.717, 1.165) is 5.69 Å². The molecule has 1 saturated heterocycles. The molecule has 1 amide bonds. The molecule has 0 saturated carbocycles. The van der Waals surface area contributed by atoms with Gasteiger partial charge in [-0.2, -0.15) is 0 Å². The van der Waals surface area contributed by atoms with E-state index < -0.39 is 0 Å². The minimum Gasteiger partial charge on any atom is -0.465 e. The molecule has 1 aliphatic rings. The number of amidine groups is 1. The molecule has 3 rings (SSSR count). The molecule has 0 radical (unpaired) electrons. The highest BCUT2D eigenvalue weighted by atomic mass is 32.2. The number of benzene rings is 1. The average molecular weight is 270 g/mol. The highest BCUT2D eigenvalue weighted by Crippen LogP contribution is 2.27. The lowest BCUT2D eigenvalue weighted by Crippen LogP contribution is -2.19. The number of nitrogens with zero attached hydrogens (tertiary/aromatic N) is 1. The standard InChI is InChI=1S/C14H10N2O2S/c17-13-12(9-11-7-4-8-18-11)19-14(16-13)15-10-5-2-1-3-6-10/h1-9H,(H,15,16,17). The van der Waals surface area contributed by atoms with Crippen molar-refractivity contribution in [1.82, 2.24) is 5.32 Å². The van der Waals surface area contributed by atoms with E-state index >= 15 is 0 Å². The summed E-state index contributed by atoms with van der Waals surface area (Å²) >= 11 is 1.30. The molecule has 2 heterocycles. The van der Waals surface area contributed by atoms with Crippen LogP contribution in [0.15, 0.2) is 63.0 Å². The molecule has 5 heteroatoms. The molecular weight excluding hydrogens is 260 g/mol. The number of furan rings is 1. The van der Waals surface area contributed by atoms with E-state index in [0.29, 0.717) is 15.8 Å². The number of amides is 1. The van der Waals surface area contributed by atoms with Crippen molar-refractivity contribution in [3.05, 3.63) is 59.4 Å². The zero-order valence-electron chi connectivity index (χ0n) is 9.87. The van der Waals surface area contributed by atoms with Crippen LogP contribution in [0.4, 0.5) is 5.69 Å². The summed E-state index contributed by atoms with van der Waals surface area (Å²) in [7, 11) is 0. The molecule has 4 nitrogen and oxygen atoms in total. The predicted octanol–water partition coefficient (Wildman–Crippen LogP) is 3.17. The van der Waals surface area contributed by atoms with Crippen molar-refractivity contribution in [3.8, 4) is 0 Å². The van der Waals surface area contributed by atoms with Crippen LogP contribution >= 0.6 is 11.8 Å². The number of carbonyl (C=O) groups excluding carboxylic acids is 1. The fourth-order valence-corrected chi connectivity index (χ4v) is 2.42. The van der Waals surface area contributed by atoms with E-state index in [1.165, 1.54) is 11.8 Å². The summed E-state index contributed by atoms with van der Waals surface area (Å²) in [5, 5.41) is 3.31. The summed E-state index contributed by atoms with van der Waals surface area (Å²) in [6.07, 6.45) is 3.27. The molecule has 1 aliphatic heterocycles. The van der Waals surface area contributed by atoms with Gasteiger partial charge in [0.05, 0.1) is 16.9 Å². The van der Waals surface area contributed by atoms with Gasteiger partial charge in [-0.05, 0) is 36.0 Å². The van der Waals surface area contributed by atoms with Gasteiger partial charge in [0, 0.05) is 6.08 Å². The van der Waals surface area contributed by atoms with E-state index in [1.807, 2.05) is 30.3 Å². The number of para-hydroxylation sites is 1. The van der Waals surface area contributed by atoms with Crippen molar-refractivity contribution in [3.63, 3.8) is 0 Å². The van der Waals surface area contributed by atoms with E-state index in [-0.39, 0.29) is 5.91 Å². The third kappa shape index (κ3) is 2.77. The summed E-state index contributed by atoms with van der Waals surface area (Å²) < 4.78 is 5.19. The van der Waals surface area contributed by atoms with Gasteiger partial charge in [0.15, 0.2) is 5.17 Å². The topological polar surface area (TPSA) is 54.6 Å². The van der Waals surface area contributed by atoms with E-state index in [1.54, 1.807) is 24.5 Å². The van der Waals surface area contributed by atoms with Gasteiger partial charge in [-0.15, -0.1) is 0 Å². The van der Waals surface area contributed by atoms with Gasteiger partial charge < -0.3 is 9.73 Å². The quantitative estimate of drug-likeness (QED) is 0.853. The lowest BCUT2D eigenvalue weighted by Gasteiger charge is -1.94. The first-order valence-corrected chi connectivity index (χ1v) is 6.51. The molecule has 0 spiro atoms. The first-order chi connectivity index (χ1) is 9.31. The zero-order chi connectivity index (χ0) is 13.1. The van der Waals surface area contributed by atoms with Gasteiger partial charge in [0.1, 0.15) is 5.76 Å². The summed E-state index contributed by atoms with van der Waals surface area (Å²) in [5.41, 5.74) is 0.810. The second-order valence-electron chi connectivity index (χ2n) is 3.83. The van der Waals surface area contributed by atoms with Crippen molar-refractivity contribution >= 4 is 34.6 Å². The first kappa shape index (κ1) is 11.8. The summed E-state index contributed by atoms with van der Waals surface area (Å²) in [5.74, 6) is 0.495. The normalized spacial score (nSPS) is 19.1. The van der Waals surface area contributed by atoms with E-state index in [2.05, 4.69) is 10.3 Å². The molecule has 1 aromatic heterocycles. The molecule has 1 fully saturated rings. The van der Waals surface area contributed by atoms with Crippen LogP contribution in [-0.4, -0.2) is 11.1 Å².